The topological polar surface area (TPSA) is 37.0 Å². The molecule has 0 spiro atoms. The van der Waals surface area contributed by atoms with Gasteiger partial charge >= 0.3 is 0 Å². The molecule has 2 heterocycles. The van der Waals surface area contributed by atoms with E-state index < -0.39 is 0 Å². The minimum absolute atomic E-state index is 0. The summed E-state index contributed by atoms with van der Waals surface area (Å²) in [6.45, 7) is 2.20. The highest BCUT2D eigenvalue weighted by Gasteiger charge is 2.13. The molecule has 2 rings (SSSR count). The summed E-state index contributed by atoms with van der Waals surface area (Å²) in [7, 11) is 0. The molecule has 6 heteroatoms. The molecular weight excluding hydrogens is 229 g/mol. The van der Waals surface area contributed by atoms with Crippen LogP contribution in [-0.2, 0) is 0 Å². The van der Waals surface area contributed by atoms with Crippen LogP contribution in [0.25, 0.3) is 0 Å². The minimum Gasteiger partial charge on any atom is -0.357 e. The molecule has 0 bridgehead atoms. The molecule has 0 radical (unpaired) electrons. The number of anilines is 1. The van der Waals surface area contributed by atoms with Crippen molar-refractivity contribution in [3.05, 3.63) is 11.6 Å². The van der Waals surface area contributed by atoms with Gasteiger partial charge in [0.2, 0.25) is 0 Å². The Kier molecular flexibility index (Phi) is 6.41. The van der Waals surface area contributed by atoms with Gasteiger partial charge in [0.15, 0.2) is 5.13 Å². The second-order valence-corrected chi connectivity index (χ2v) is 3.57. The van der Waals surface area contributed by atoms with Crippen molar-refractivity contribution in [3.63, 3.8) is 0 Å². The third kappa shape index (κ3) is 3.68. The molecule has 1 fully saturated rings. The summed E-state index contributed by atoms with van der Waals surface area (Å²) in [5.41, 5.74) is 0. The molecule has 0 aromatic carbocycles. The number of hydrogen-bond acceptors (Lipinski definition) is 4. The molecule has 3 nitrogen and oxygen atoms in total. The fraction of sp³-hybridized carbons (Fsp3) is 0.571. The third-order valence-electron chi connectivity index (χ3n) is 1.82. The Labute approximate surface area is 94.2 Å². The van der Waals surface area contributed by atoms with Crippen LogP contribution in [0.3, 0.4) is 0 Å². The van der Waals surface area contributed by atoms with Gasteiger partial charge in [-0.05, 0) is 13.0 Å². The Morgan fingerprint density at radius 3 is 2.92 bits per heavy atom. The maximum Gasteiger partial charge on any atom is 0.182 e. The van der Waals surface area contributed by atoms with Gasteiger partial charge in [0.05, 0.1) is 0 Å². The first-order valence-electron chi connectivity index (χ1n) is 3.82. The number of hydrogen-bond donors (Lipinski definition) is 2. The average Bonchev–Trinajstić information content (AvgIpc) is 2.60. The summed E-state index contributed by atoms with van der Waals surface area (Å²) in [4.78, 5) is 4.16. The van der Waals surface area contributed by atoms with Crippen molar-refractivity contribution in [1.82, 2.24) is 10.3 Å². The summed E-state index contributed by atoms with van der Waals surface area (Å²) < 4.78 is 0. The molecule has 0 amide bonds. The van der Waals surface area contributed by atoms with Crippen molar-refractivity contribution in [2.75, 3.05) is 18.4 Å². The number of aromatic nitrogens is 1. The average molecular weight is 242 g/mol. The van der Waals surface area contributed by atoms with Gasteiger partial charge in [-0.2, -0.15) is 0 Å². The van der Waals surface area contributed by atoms with Gasteiger partial charge in [-0.1, -0.05) is 0 Å². The van der Waals surface area contributed by atoms with Gasteiger partial charge < -0.3 is 10.6 Å². The number of nitrogens with one attached hydrogen (secondary N) is 2. The predicted molar refractivity (Wildman–Crippen MR) is 61.5 cm³/mol. The van der Waals surface area contributed by atoms with E-state index in [1.807, 2.05) is 11.6 Å². The van der Waals surface area contributed by atoms with Crippen molar-refractivity contribution in [2.24, 2.45) is 0 Å². The van der Waals surface area contributed by atoms with E-state index in [0.29, 0.717) is 6.04 Å². The lowest BCUT2D eigenvalue weighted by molar-refractivity contribution is 0.792. The Bertz CT molecular complexity index is 212. The highest BCUT2D eigenvalue weighted by atomic mass is 35.5. The Morgan fingerprint density at radius 1 is 1.54 bits per heavy atom. The van der Waals surface area contributed by atoms with Crippen LogP contribution in [0.1, 0.15) is 6.42 Å². The molecule has 1 aromatic heterocycles. The van der Waals surface area contributed by atoms with E-state index in [2.05, 4.69) is 15.6 Å². The first-order chi connectivity index (χ1) is 5.45. The van der Waals surface area contributed by atoms with Crippen LogP contribution in [0.2, 0.25) is 0 Å². The molecule has 76 valence electrons. The van der Waals surface area contributed by atoms with Crippen LogP contribution >= 0.6 is 36.2 Å². The molecule has 2 N–H and O–H groups in total. The standard InChI is InChI=1S/C7H11N3S.2ClH/c1-2-8-5-6(1)10-7-9-3-4-11-7;;/h3-4,6,8H,1-2,5H2,(H,9,10);2*1H. The largest absolute Gasteiger partial charge is 0.357 e. The maximum absolute atomic E-state index is 4.16. The number of nitrogens with zero attached hydrogens (tertiary/aromatic N) is 1. The van der Waals surface area contributed by atoms with Gasteiger partial charge in [0, 0.05) is 24.2 Å². The van der Waals surface area contributed by atoms with Crippen LogP contribution in [0.4, 0.5) is 5.13 Å². The zero-order chi connectivity index (χ0) is 7.52. The molecule has 1 unspecified atom stereocenters. The van der Waals surface area contributed by atoms with Crippen molar-refractivity contribution in [1.29, 1.82) is 0 Å². The monoisotopic (exact) mass is 241 g/mol. The van der Waals surface area contributed by atoms with E-state index in [9.17, 15) is 0 Å². The summed E-state index contributed by atoms with van der Waals surface area (Å²) in [6, 6.07) is 0.584. The zero-order valence-electron chi connectivity index (χ0n) is 7.03. The Balaban J connectivity index is 0.000000720. The van der Waals surface area contributed by atoms with Crippen LogP contribution in [0, 0.1) is 0 Å². The van der Waals surface area contributed by atoms with Crippen molar-refractivity contribution in [3.8, 4) is 0 Å². The fourth-order valence-electron chi connectivity index (χ4n) is 1.25. The second-order valence-electron chi connectivity index (χ2n) is 2.67. The van der Waals surface area contributed by atoms with Crippen molar-refractivity contribution >= 4 is 41.3 Å². The number of halogens is 2. The number of rotatable bonds is 2. The van der Waals surface area contributed by atoms with Gasteiger partial charge in [0.1, 0.15) is 0 Å². The zero-order valence-corrected chi connectivity index (χ0v) is 9.47. The van der Waals surface area contributed by atoms with Crippen LogP contribution in [-0.4, -0.2) is 24.1 Å². The smallest absolute Gasteiger partial charge is 0.182 e. The fourth-order valence-corrected chi connectivity index (χ4v) is 1.85. The van der Waals surface area contributed by atoms with E-state index in [-0.39, 0.29) is 24.8 Å². The normalized spacial score (nSPS) is 20.2. The predicted octanol–water partition coefficient (Wildman–Crippen LogP) is 1.76. The SMILES string of the molecule is Cl.Cl.c1csc(NC2CCNC2)n1. The molecule has 0 saturated carbocycles. The van der Waals surface area contributed by atoms with Gasteiger partial charge in [0.25, 0.3) is 0 Å². The molecule has 1 aliphatic rings. The van der Waals surface area contributed by atoms with Gasteiger partial charge in [-0.3, -0.25) is 0 Å². The highest BCUT2D eigenvalue weighted by Crippen LogP contribution is 2.13. The van der Waals surface area contributed by atoms with Gasteiger partial charge in [-0.25, -0.2) is 4.98 Å². The van der Waals surface area contributed by atoms with E-state index in [1.165, 1.54) is 6.42 Å². The second kappa shape index (κ2) is 6.43. The van der Waals surface area contributed by atoms with Crippen molar-refractivity contribution < 1.29 is 0 Å². The lowest BCUT2D eigenvalue weighted by Gasteiger charge is -2.08. The van der Waals surface area contributed by atoms with E-state index >= 15 is 0 Å². The lowest BCUT2D eigenvalue weighted by Crippen LogP contribution is -2.21. The molecule has 1 saturated heterocycles. The molecule has 1 atom stereocenters. The minimum atomic E-state index is 0. The van der Waals surface area contributed by atoms with Gasteiger partial charge in [-0.15, -0.1) is 36.2 Å². The van der Waals surface area contributed by atoms with E-state index in [1.54, 1.807) is 11.3 Å². The first-order valence-corrected chi connectivity index (χ1v) is 4.70. The Hall–Kier alpha value is -0.0300. The molecule has 0 aliphatic carbocycles. The van der Waals surface area contributed by atoms with Crippen molar-refractivity contribution in [2.45, 2.75) is 12.5 Å². The third-order valence-corrected chi connectivity index (χ3v) is 2.52. The van der Waals surface area contributed by atoms with E-state index in [4.69, 9.17) is 0 Å². The summed E-state index contributed by atoms with van der Waals surface area (Å²) in [5, 5.41) is 9.70. The quantitative estimate of drug-likeness (QED) is 0.829. The molecular formula is C7H13Cl2N3S. The maximum atomic E-state index is 4.16. The summed E-state index contributed by atoms with van der Waals surface area (Å²) in [6.07, 6.45) is 3.04. The first kappa shape index (κ1) is 13.0. The van der Waals surface area contributed by atoms with E-state index in [0.717, 1.165) is 18.2 Å². The van der Waals surface area contributed by atoms with Crippen LogP contribution < -0.4 is 10.6 Å². The van der Waals surface area contributed by atoms with Crippen LogP contribution in [0.15, 0.2) is 11.6 Å². The molecule has 1 aromatic rings. The molecule has 13 heavy (non-hydrogen) atoms. The summed E-state index contributed by atoms with van der Waals surface area (Å²) >= 11 is 1.66. The molecule has 1 aliphatic heterocycles. The van der Waals surface area contributed by atoms with Crippen LogP contribution in [0.5, 0.6) is 0 Å². The Morgan fingerprint density at radius 2 is 2.38 bits per heavy atom. The summed E-state index contributed by atoms with van der Waals surface area (Å²) in [5.74, 6) is 0. The lowest BCUT2D eigenvalue weighted by atomic mass is 10.3. The number of thiazole rings is 1. The highest BCUT2D eigenvalue weighted by molar-refractivity contribution is 7.13.